The average molecular weight is 223 g/mol. The average Bonchev–Trinajstić information content (AvgIpc) is 2.21. The van der Waals surface area contributed by atoms with Crippen molar-refractivity contribution in [3.63, 3.8) is 0 Å². The van der Waals surface area contributed by atoms with Gasteiger partial charge in [0, 0.05) is 24.5 Å². The van der Waals surface area contributed by atoms with Crippen molar-refractivity contribution in [3.05, 3.63) is 23.8 Å². The van der Waals surface area contributed by atoms with Crippen molar-refractivity contribution in [2.45, 2.75) is 13.0 Å². The van der Waals surface area contributed by atoms with E-state index in [4.69, 9.17) is 16.2 Å². The summed E-state index contributed by atoms with van der Waals surface area (Å²) in [4.78, 5) is 11.1. The van der Waals surface area contributed by atoms with Gasteiger partial charge in [-0.05, 0) is 25.1 Å². The molecule has 0 aliphatic carbocycles. The molecule has 1 aromatic rings. The van der Waals surface area contributed by atoms with Gasteiger partial charge in [0.2, 0.25) is 0 Å². The van der Waals surface area contributed by atoms with Crippen LogP contribution < -0.4 is 16.8 Å². The summed E-state index contributed by atoms with van der Waals surface area (Å²) in [6.07, 6.45) is 0. The number of benzene rings is 1. The van der Waals surface area contributed by atoms with Crippen LogP contribution in [-0.2, 0) is 4.74 Å². The molecule has 1 unspecified atom stereocenters. The maximum absolute atomic E-state index is 11.1. The molecule has 1 rings (SSSR count). The number of nitrogens with two attached hydrogens (primary N) is 2. The molecule has 5 N–H and O–H groups in total. The number of carbonyl (C=O) groups is 1. The first-order chi connectivity index (χ1) is 7.54. The van der Waals surface area contributed by atoms with Gasteiger partial charge in [-0.2, -0.15) is 0 Å². The summed E-state index contributed by atoms with van der Waals surface area (Å²) in [5, 5.41) is 3.18. The zero-order valence-electron chi connectivity index (χ0n) is 9.49. The van der Waals surface area contributed by atoms with Crippen LogP contribution in [0, 0.1) is 0 Å². The van der Waals surface area contributed by atoms with Gasteiger partial charge in [0.15, 0.2) is 0 Å². The lowest BCUT2D eigenvalue weighted by Crippen LogP contribution is -2.21. The summed E-state index contributed by atoms with van der Waals surface area (Å²) >= 11 is 0. The van der Waals surface area contributed by atoms with Gasteiger partial charge in [-0.3, -0.25) is 4.79 Å². The Labute approximate surface area is 94.8 Å². The lowest BCUT2D eigenvalue weighted by atomic mass is 10.1. The third-order valence-corrected chi connectivity index (χ3v) is 2.15. The highest BCUT2D eigenvalue weighted by atomic mass is 16.5. The molecule has 0 aliphatic heterocycles. The van der Waals surface area contributed by atoms with Crippen molar-refractivity contribution in [2.24, 2.45) is 5.73 Å². The van der Waals surface area contributed by atoms with E-state index in [1.807, 2.05) is 6.92 Å². The summed E-state index contributed by atoms with van der Waals surface area (Å²) < 4.78 is 5.00. The van der Waals surface area contributed by atoms with Gasteiger partial charge < -0.3 is 21.5 Å². The van der Waals surface area contributed by atoms with Crippen LogP contribution in [0.2, 0.25) is 0 Å². The Morgan fingerprint density at radius 3 is 2.81 bits per heavy atom. The highest BCUT2D eigenvalue weighted by Crippen LogP contribution is 2.17. The number of rotatable bonds is 5. The fraction of sp³-hybridized carbons (Fsp3) is 0.364. The number of hydrogen-bond acceptors (Lipinski definition) is 4. The number of carbonyl (C=O) groups excluding carboxylic acids is 1. The molecule has 0 radical (unpaired) electrons. The summed E-state index contributed by atoms with van der Waals surface area (Å²) in [5.41, 5.74) is 12.3. The van der Waals surface area contributed by atoms with Crippen LogP contribution >= 0.6 is 0 Å². The molecule has 0 aromatic heterocycles. The number of nitrogens with one attached hydrogen (secondary N) is 1. The molecule has 16 heavy (non-hydrogen) atoms. The monoisotopic (exact) mass is 223 g/mol. The Morgan fingerprint density at radius 1 is 1.56 bits per heavy atom. The van der Waals surface area contributed by atoms with Gasteiger partial charge in [-0.25, -0.2) is 0 Å². The fourth-order valence-corrected chi connectivity index (χ4v) is 1.44. The van der Waals surface area contributed by atoms with E-state index in [0.29, 0.717) is 17.9 Å². The van der Waals surface area contributed by atoms with Crippen LogP contribution in [0.3, 0.4) is 0 Å². The molecule has 0 spiro atoms. The number of ether oxygens (including phenoxy) is 1. The fourth-order valence-electron chi connectivity index (χ4n) is 1.44. The molecule has 0 saturated carbocycles. The molecular formula is C11H17N3O2. The lowest BCUT2D eigenvalue weighted by molar-refractivity contribution is 0.100. The van der Waals surface area contributed by atoms with Crippen molar-refractivity contribution in [3.8, 4) is 0 Å². The van der Waals surface area contributed by atoms with E-state index in [1.54, 1.807) is 25.3 Å². The van der Waals surface area contributed by atoms with E-state index in [0.717, 1.165) is 5.69 Å². The molecule has 0 heterocycles. The van der Waals surface area contributed by atoms with E-state index >= 15 is 0 Å². The van der Waals surface area contributed by atoms with E-state index in [-0.39, 0.29) is 6.04 Å². The smallest absolute Gasteiger partial charge is 0.250 e. The molecule has 1 amide bonds. The number of nitrogen functional groups attached to an aromatic ring is 1. The minimum absolute atomic E-state index is 0.148. The third kappa shape index (κ3) is 3.13. The van der Waals surface area contributed by atoms with Gasteiger partial charge >= 0.3 is 0 Å². The lowest BCUT2D eigenvalue weighted by Gasteiger charge is -2.15. The maximum atomic E-state index is 11.1. The largest absolute Gasteiger partial charge is 0.398 e. The second-order valence-corrected chi connectivity index (χ2v) is 3.67. The first kappa shape index (κ1) is 12.3. The first-order valence-corrected chi connectivity index (χ1v) is 4.99. The normalized spacial score (nSPS) is 12.1. The predicted molar refractivity (Wildman–Crippen MR) is 64.3 cm³/mol. The molecule has 1 atom stereocenters. The van der Waals surface area contributed by atoms with Crippen molar-refractivity contribution < 1.29 is 9.53 Å². The molecule has 0 saturated heterocycles. The topological polar surface area (TPSA) is 90.4 Å². The Bertz CT molecular complexity index is 379. The van der Waals surface area contributed by atoms with Gasteiger partial charge in [-0.15, -0.1) is 0 Å². The Balaban J connectivity index is 2.82. The zero-order chi connectivity index (χ0) is 12.1. The third-order valence-electron chi connectivity index (χ3n) is 2.15. The first-order valence-electron chi connectivity index (χ1n) is 4.99. The zero-order valence-corrected chi connectivity index (χ0v) is 9.49. The van der Waals surface area contributed by atoms with E-state index in [2.05, 4.69) is 5.32 Å². The summed E-state index contributed by atoms with van der Waals surface area (Å²) in [5.74, 6) is -0.527. The number of hydrogen-bond donors (Lipinski definition) is 3. The van der Waals surface area contributed by atoms with Gasteiger partial charge in [0.25, 0.3) is 5.91 Å². The number of methoxy groups -OCH3 is 1. The van der Waals surface area contributed by atoms with Crippen LogP contribution in [0.25, 0.3) is 0 Å². The van der Waals surface area contributed by atoms with Crippen LogP contribution in [0.15, 0.2) is 18.2 Å². The Morgan fingerprint density at radius 2 is 2.25 bits per heavy atom. The van der Waals surface area contributed by atoms with Crippen molar-refractivity contribution in [1.29, 1.82) is 0 Å². The second-order valence-electron chi connectivity index (χ2n) is 3.67. The highest BCUT2D eigenvalue weighted by Gasteiger charge is 2.08. The maximum Gasteiger partial charge on any atom is 0.250 e. The summed E-state index contributed by atoms with van der Waals surface area (Å²) in [6, 6.07) is 5.24. The summed E-state index contributed by atoms with van der Waals surface area (Å²) in [6.45, 7) is 2.56. The van der Waals surface area contributed by atoms with Crippen LogP contribution in [0.1, 0.15) is 17.3 Å². The molecule has 5 nitrogen and oxygen atoms in total. The number of amides is 1. The van der Waals surface area contributed by atoms with Crippen molar-refractivity contribution in [1.82, 2.24) is 0 Å². The molecule has 0 bridgehead atoms. The number of primary amides is 1. The van der Waals surface area contributed by atoms with Crippen LogP contribution in [0.5, 0.6) is 0 Å². The molecule has 0 aliphatic rings. The minimum atomic E-state index is -0.527. The van der Waals surface area contributed by atoms with E-state index in [9.17, 15) is 4.79 Å². The van der Waals surface area contributed by atoms with Crippen molar-refractivity contribution >= 4 is 17.3 Å². The molecule has 88 valence electrons. The second kappa shape index (κ2) is 5.37. The highest BCUT2D eigenvalue weighted by molar-refractivity contribution is 5.98. The summed E-state index contributed by atoms with van der Waals surface area (Å²) in [7, 11) is 1.63. The SMILES string of the molecule is COCC(C)Nc1ccc(N)c(C(N)=O)c1. The molecule has 0 fully saturated rings. The predicted octanol–water partition coefficient (Wildman–Crippen LogP) is 0.815. The minimum Gasteiger partial charge on any atom is -0.398 e. The van der Waals surface area contributed by atoms with Crippen LogP contribution in [-0.4, -0.2) is 25.7 Å². The van der Waals surface area contributed by atoms with Gasteiger partial charge in [0.05, 0.1) is 12.2 Å². The van der Waals surface area contributed by atoms with Crippen molar-refractivity contribution in [2.75, 3.05) is 24.8 Å². The number of anilines is 2. The Hall–Kier alpha value is -1.75. The van der Waals surface area contributed by atoms with Gasteiger partial charge in [0.1, 0.15) is 0 Å². The molecule has 5 heteroatoms. The standard InChI is InChI=1S/C11H17N3O2/c1-7(6-16-2)14-8-3-4-10(12)9(5-8)11(13)15/h3-5,7,14H,6,12H2,1-2H3,(H2,13,15). The quantitative estimate of drug-likeness (QED) is 0.644. The van der Waals surface area contributed by atoms with Crippen LogP contribution in [0.4, 0.5) is 11.4 Å². The van der Waals surface area contributed by atoms with E-state index in [1.165, 1.54) is 0 Å². The molecular weight excluding hydrogens is 206 g/mol. The van der Waals surface area contributed by atoms with Gasteiger partial charge in [-0.1, -0.05) is 0 Å². The molecule has 1 aromatic carbocycles. The van der Waals surface area contributed by atoms with E-state index < -0.39 is 5.91 Å². The Kier molecular flexibility index (Phi) is 4.13.